The third kappa shape index (κ3) is 3.71. The Morgan fingerprint density at radius 1 is 1.29 bits per heavy atom. The van der Waals surface area contributed by atoms with Crippen molar-refractivity contribution in [1.29, 1.82) is 0 Å². The van der Waals surface area contributed by atoms with E-state index >= 15 is 0 Å². The highest BCUT2D eigenvalue weighted by atomic mass is 19.3. The van der Waals surface area contributed by atoms with Gasteiger partial charge < -0.3 is 19.2 Å². The molecule has 3 aromatic rings. The number of amides is 1. The van der Waals surface area contributed by atoms with Gasteiger partial charge in [0, 0.05) is 30.1 Å². The third-order valence-electron chi connectivity index (χ3n) is 7.49. The van der Waals surface area contributed by atoms with Crippen molar-refractivity contribution >= 4 is 17.2 Å². The van der Waals surface area contributed by atoms with Crippen molar-refractivity contribution in [2.45, 2.75) is 69.1 Å². The number of pyridine rings is 2. The number of anilines is 1. The number of alkyl halides is 2. The van der Waals surface area contributed by atoms with Gasteiger partial charge >= 0.3 is 6.55 Å². The molecule has 2 saturated carbocycles. The zero-order valence-corrected chi connectivity index (χ0v) is 19.3. The summed E-state index contributed by atoms with van der Waals surface area (Å²) in [4.78, 5) is 30.5. The summed E-state index contributed by atoms with van der Waals surface area (Å²) in [5.41, 5.74) is 0.372. The summed E-state index contributed by atoms with van der Waals surface area (Å²) in [6.45, 7) is -0.278. The van der Waals surface area contributed by atoms with Crippen molar-refractivity contribution in [3.8, 4) is 5.75 Å². The first-order valence-corrected chi connectivity index (χ1v) is 11.9. The van der Waals surface area contributed by atoms with Crippen LogP contribution >= 0.6 is 0 Å². The van der Waals surface area contributed by atoms with Gasteiger partial charge in [0.1, 0.15) is 17.1 Å². The number of carbonyl (C=O) groups is 1. The molecule has 2 aliphatic heterocycles. The largest absolute Gasteiger partial charge is 0.489 e. The first kappa shape index (κ1) is 22.2. The first-order chi connectivity index (χ1) is 16.8. The predicted octanol–water partition coefficient (Wildman–Crippen LogP) is 4.29. The highest BCUT2D eigenvalue weighted by molar-refractivity contribution is 6.06. The maximum Gasteiger partial charge on any atom is 0.321 e. The van der Waals surface area contributed by atoms with E-state index in [9.17, 15) is 18.4 Å². The van der Waals surface area contributed by atoms with Gasteiger partial charge in [-0.15, -0.1) is 0 Å². The first-order valence-electron chi connectivity index (χ1n) is 11.9. The average Bonchev–Trinajstić information content (AvgIpc) is 3.57. The number of ether oxygens (including phenoxy) is 2. The minimum Gasteiger partial charge on any atom is -0.489 e. The molecule has 2 aliphatic carbocycles. The topological polar surface area (TPSA) is 86.9 Å². The van der Waals surface area contributed by atoms with Crippen LogP contribution in [0.1, 0.15) is 68.0 Å². The molecule has 0 radical (unpaired) electrons. The Morgan fingerprint density at radius 3 is 2.74 bits per heavy atom. The maximum absolute atomic E-state index is 13.3. The molecule has 2 bridgehead atoms. The smallest absolute Gasteiger partial charge is 0.321 e. The summed E-state index contributed by atoms with van der Waals surface area (Å²) in [6.07, 6.45) is 10.2. The molecule has 184 valence electrons. The van der Waals surface area contributed by atoms with Crippen LogP contribution in [-0.2, 0) is 10.2 Å². The summed E-state index contributed by atoms with van der Waals surface area (Å²) < 4.78 is 40.4. The Kier molecular flexibility index (Phi) is 5.00. The van der Waals surface area contributed by atoms with E-state index in [4.69, 9.17) is 14.5 Å². The minimum absolute atomic E-state index is 0.0135. The number of imidazole rings is 1. The SMILES string of the molecule is CC12CC(c3cn4cc(C(=O)Nc5cccn(C(F)F)c5=O)c(OC5CCCC5)cc4n3)(CO1)C2. The molecule has 4 aliphatic rings. The number of nitrogens with one attached hydrogen (secondary N) is 1. The molecular formula is C25H26F2N4O4. The van der Waals surface area contributed by atoms with E-state index in [0.717, 1.165) is 50.4 Å². The second-order valence-electron chi connectivity index (χ2n) is 10.2. The van der Waals surface area contributed by atoms with Gasteiger partial charge in [0.15, 0.2) is 0 Å². The van der Waals surface area contributed by atoms with E-state index in [-0.39, 0.29) is 32.9 Å². The fourth-order valence-corrected chi connectivity index (χ4v) is 5.83. The quantitative estimate of drug-likeness (QED) is 0.564. The van der Waals surface area contributed by atoms with Crippen molar-refractivity contribution in [3.63, 3.8) is 0 Å². The summed E-state index contributed by atoms with van der Waals surface area (Å²) in [5.74, 6) is -0.249. The third-order valence-corrected chi connectivity index (χ3v) is 7.49. The van der Waals surface area contributed by atoms with Crippen LogP contribution in [0.15, 0.2) is 41.6 Å². The molecular weight excluding hydrogens is 458 g/mol. The van der Waals surface area contributed by atoms with Crippen LogP contribution < -0.4 is 15.6 Å². The van der Waals surface area contributed by atoms with Gasteiger partial charge in [0.25, 0.3) is 11.5 Å². The number of halogens is 2. The standard InChI is InChI=1S/C25H26F2N4O4/c1-24-12-25(13-24,14-34-24)19-11-30-10-16(18(9-20(30)29-19)35-15-5-2-3-6-15)21(32)28-17-7-4-8-31(22(17)33)23(26)27/h4,7-11,15,23H,2-3,5-6,12-14H2,1H3,(H,28,32). The molecule has 8 nitrogen and oxygen atoms in total. The zero-order chi connectivity index (χ0) is 24.4. The molecule has 2 saturated heterocycles. The summed E-state index contributed by atoms with van der Waals surface area (Å²) >= 11 is 0. The molecule has 0 aromatic carbocycles. The number of aromatic nitrogens is 3. The molecule has 35 heavy (non-hydrogen) atoms. The van der Waals surface area contributed by atoms with Crippen LogP contribution in [0.3, 0.4) is 0 Å². The molecule has 1 amide bonds. The molecule has 0 unspecified atom stereocenters. The van der Waals surface area contributed by atoms with Crippen LogP contribution in [0, 0.1) is 0 Å². The van der Waals surface area contributed by atoms with Gasteiger partial charge in [-0.05, 0) is 57.6 Å². The van der Waals surface area contributed by atoms with Gasteiger partial charge in [0.05, 0.1) is 29.6 Å². The lowest BCUT2D eigenvalue weighted by Gasteiger charge is -2.41. The van der Waals surface area contributed by atoms with Gasteiger partial charge in [-0.1, -0.05) is 0 Å². The molecule has 0 spiro atoms. The second-order valence-corrected chi connectivity index (χ2v) is 10.2. The van der Waals surface area contributed by atoms with Gasteiger partial charge in [-0.3, -0.25) is 14.2 Å². The van der Waals surface area contributed by atoms with Crippen molar-refractivity contribution in [1.82, 2.24) is 14.0 Å². The van der Waals surface area contributed by atoms with Gasteiger partial charge in [0.2, 0.25) is 0 Å². The predicted molar refractivity (Wildman–Crippen MR) is 123 cm³/mol. The molecule has 4 fully saturated rings. The summed E-state index contributed by atoms with van der Waals surface area (Å²) in [6, 6.07) is 4.33. The lowest BCUT2D eigenvalue weighted by molar-refractivity contribution is 0.0154. The molecule has 5 heterocycles. The van der Waals surface area contributed by atoms with Crippen molar-refractivity contribution < 1.29 is 23.0 Å². The number of hydrogen-bond donors (Lipinski definition) is 1. The highest BCUT2D eigenvalue weighted by Crippen LogP contribution is 2.58. The van der Waals surface area contributed by atoms with Crippen molar-refractivity contribution in [2.24, 2.45) is 0 Å². The fourth-order valence-electron chi connectivity index (χ4n) is 5.83. The van der Waals surface area contributed by atoms with E-state index in [1.54, 1.807) is 16.7 Å². The number of hydrogen-bond acceptors (Lipinski definition) is 5. The fraction of sp³-hybridized carbons (Fsp3) is 0.480. The Labute approximate surface area is 199 Å². The monoisotopic (exact) mass is 484 g/mol. The van der Waals surface area contributed by atoms with Crippen LogP contribution in [0.5, 0.6) is 5.75 Å². The molecule has 3 aromatic heterocycles. The summed E-state index contributed by atoms with van der Waals surface area (Å²) in [5, 5.41) is 2.49. The van der Waals surface area contributed by atoms with Gasteiger partial charge in [-0.2, -0.15) is 8.78 Å². The number of nitrogens with zero attached hydrogens (tertiary/aromatic N) is 3. The normalized spacial score (nSPS) is 25.8. The van der Waals surface area contributed by atoms with E-state index in [1.807, 2.05) is 6.20 Å². The van der Waals surface area contributed by atoms with E-state index in [1.165, 1.54) is 12.1 Å². The second kappa shape index (κ2) is 7.87. The Hall–Kier alpha value is -3.27. The lowest BCUT2D eigenvalue weighted by Crippen LogP contribution is -2.45. The molecule has 1 N–H and O–H groups in total. The van der Waals surface area contributed by atoms with E-state index in [0.29, 0.717) is 18.0 Å². The summed E-state index contributed by atoms with van der Waals surface area (Å²) in [7, 11) is 0. The lowest BCUT2D eigenvalue weighted by atomic mass is 9.62. The van der Waals surface area contributed by atoms with Crippen molar-refractivity contribution in [3.05, 3.63) is 58.4 Å². The zero-order valence-electron chi connectivity index (χ0n) is 19.3. The van der Waals surface area contributed by atoms with Crippen LogP contribution in [0.4, 0.5) is 14.5 Å². The maximum atomic E-state index is 13.3. The Balaban J connectivity index is 1.37. The van der Waals surface area contributed by atoms with Gasteiger partial charge in [-0.25, -0.2) is 4.98 Å². The van der Waals surface area contributed by atoms with E-state index in [2.05, 4.69) is 12.2 Å². The Morgan fingerprint density at radius 2 is 2.06 bits per heavy atom. The molecule has 10 heteroatoms. The highest BCUT2D eigenvalue weighted by Gasteiger charge is 2.61. The number of rotatable bonds is 6. The van der Waals surface area contributed by atoms with Crippen LogP contribution in [0.2, 0.25) is 0 Å². The van der Waals surface area contributed by atoms with Crippen LogP contribution in [-0.4, -0.2) is 38.2 Å². The average molecular weight is 485 g/mol. The number of carbonyl (C=O) groups excluding carboxylic acids is 1. The molecule has 7 rings (SSSR count). The minimum atomic E-state index is -3.01. The van der Waals surface area contributed by atoms with Crippen molar-refractivity contribution in [2.75, 3.05) is 11.9 Å². The number of fused-ring (bicyclic) bond motifs is 2. The van der Waals surface area contributed by atoms with E-state index < -0.39 is 18.0 Å². The van der Waals surface area contributed by atoms with Crippen LogP contribution in [0.25, 0.3) is 5.65 Å². The Bertz CT molecular complexity index is 1370. The molecule has 0 atom stereocenters.